The molecule has 0 spiro atoms. The van der Waals surface area contributed by atoms with Gasteiger partial charge in [-0.25, -0.2) is 4.98 Å². The van der Waals surface area contributed by atoms with Crippen molar-refractivity contribution in [2.45, 2.75) is 65.1 Å². The van der Waals surface area contributed by atoms with Crippen LogP contribution in [0, 0.1) is 0 Å². The molecule has 0 fully saturated rings. The molecule has 0 aliphatic heterocycles. The lowest BCUT2D eigenvalue weighted by Gasteiger charge is -2.19. The monoisotopic (exact) mass is 583 g/mol. The smallest absolute Gasteiger partial charge is 0.317 e. The molecule has 4 aromatic rings. The molecule has 1 amide bonds. The Morgan fingerprint density at radius 2 is 1.48 bits per heavy atom. The van der Waals surface area contributed by atoms with Crippen LogP contribution >= 0.6 is 11.3 Å². The van der Waals surface area contributed by atoms with E-state index in [9.17, 15) is 14.7 Å². The molecule has 1 heterocycles. The first kappa shape index (κ1) is 31.1. The van der Waals surface area contributed by atoms with E-state index in [0.29, 0.717) is 31.1 Å². The van der Waals surface area contributed by atoms with Gasteiger partial charge in [-0.1, -0.05) is 93.4 Å². The summed E-state index contributed by atoms with van der Waals surface area (Å²) in [5, 5.41) is 12.2. The summed E-state index contributed by atoms with van der Waals surface area (Å²) in [6, 6.07) is 26.2. The topological polar surface area (TPSA) is 73.7 Å². The summed E-state index contributed by atoms with van der Waals surface area (Å²) in [5.41, 5.74) is 5.95. The number of hydrogen-bond acceptors (Lipinski definition) is 5. The summed E-state index contributed by atoms with van der Waals surface area (Å²) in [5.74, 6) is -0.277. The molecule has 1 aromatic heterocycles. The van der Waals surface area contributed by atoms with Gasteiger partial charge in [0.15, 0.2) is 0 Å². The highest BCUT2D eigenvalue weighted by Gasteiger charge is 2.16. The predicted octanol–water partition coefficient (Wildman–Crippen LogP) is 7.85. The lowest BCUT2D eigenvalue weighted by atomic mass is 9.90. The minimum absolute atomic E-state index is 0.0235. The van der Waals surface area contributed by atoms with Crippen molar-refractivity contribution < 1.29 is 14.7 Å². The van der Waals surface area contributed by atoms with E-state index in [1.54, 1.807) is 4.90 Å². The fourth-order valence-corrected chi connectivity index (χ4v) is 6.17. The summed E-state index contributed by atoms with van der Waals surface area (Å²) in [4.78, 5) is 33.0. The molecule has 3 aromatic carbocycles. The van der Waals surface area contributed by atoms with Gasteiger partial charge in [-0.3, -0.25) is 14.5 Å². The third-order valence-electron chi connectivity index (χ3n) is 7.44. The number of aromatic nitrogens is 1. The second-order valence-electron chi connectivity index (χ2n) is 10.9. The van der Waals surface area contributed by atoms with Crippen LogP contribution in [0.3, 0.4) is 0 Å². The van der Waals surface area contributed by atoms with E-state index in [1.165, 1.54) is 42.6 Å². The van der Waals surface area contributed by atoms with E-state index < -0.39 is 5.97 Å². The zero-order chi connectivity index (χ0) is 29.9. The Kier molecular flexibility index (Phi) is 11.4. The van der Waals surface area contributed by atoms with Crippen molar-refractivity contribution in [3.8, 4) is 11.3 Å². The summed E-state index contributed by atoms with van der Waals surface area (Å²) in [7, 11) is 1.84. The molecule has 42 heavy (non-hydrogen) atoms. The van der Waals surface area contributed by atoms with Crippen molar-refractivity contribution in [1.29, 1.82) is 0 Å². The number of thiazole rings is 1. The van der Waals surface area contributed by atoms with Crippen LogP contribution in [0.15, 0.2) is 84.2 Å². The molecule has 220 valence electrons. The zero-order valence-electron chi connectivity index (χ0n) is 24.8. The highest BCUT2D eigenvalue weighted by atomic mass is 32.1. The number of carboxylic acids is 1. The highest BCUT2D eigenvalue weighted by Crippen LogP contribution is 2.27. The molecular formula is C35H41N3O3S. The van der Waals surface area contributed by atoms with E-state index >= 15 is 0 Å². The Balaban J connectivity index is 1.36. The van der Waals surface area contributed by atoms with Crippen LogP contribution in [0.4, 0.5) is 0 Å². The number of rotatable bonds is 15. The molecule has 0 radical (unpaired) electrons. The van der Waals surface area contributed by atoms with Crippen molar-refractivity contribution in [2.24, 2.45) is 0 Å². The van der Waals surface area contributed by atoms with E-state index in [2.05, 4.69) is 38.1 Å². The van der Waals surface area contributed by atoms with E-state index in [1.807, 2.05) is 71.9 Å². The Labute approximate surface area is 253 Å². The van der Waals surface area contributed by atoms with E-state index in [4.69, 9.17) is 4.98 Å². The van der Waals surface area contributed by atoms with Crippen LogP contribution in [0.2, 0.25) is 0 Å². The van der Waals surface area contributed by atoms with Crippen LogP contribution in [0.5, 0.6) is 0 Å². The van der Waals surface area contributed by atoms with Gasteiger partial charge in [0.25, 0.3) is 5.91 Å². The van der Waals surface area contributed by atoms with Crippen molar-refractivity contribution in [1.82, 2.24) is 14.8 Å². The van der Waals surface area contributed by atoms with Gasteiger partial charge in [0.1, 0.15) is 5.01 Å². The van der Waals surface area contributed by atoms with Gasteiger partial charge in [0.05, 0.1) is 18.8 Å². The predicted molar refractivity (Wildman–Crippen MR) is 171 cm³/mol. The molecule has 0 atom stereocenters. The Hall–Kier alpha value is -3.81. The van der Waals surface area contributed by atoms with Gasteiger partial charge in [-0.15, -0.1) is 11.3 Å². The fraction of sp³-hybridized carbons (Fsp3) is 0.343. The van der Waals surface area contributed by atoms with Crippen LogP contribution in [0.25, 0.3) is 11.3 Å². The summed E-state index contributed by atoms with van der Waals surface area (Å²) < 4.78 is 0. The van der Waals surface area contributed by atoms with E-state index in [0.717, 1.165) is 27.4 Å². The van der Waals surface area contributed by atoms with Crippen molar-refractivity contribution in [3.63, 3.8) is 0 Å². The Bertz CT molecular complexity index is 1410. The minimum atomic E-state index is -0.863. The molecule has 0 saturated heterocycles. The molecule has 0 unspecified atom stereocenters. The van der Waals surface area contributed by atoms with Crippen molar-refractivity contribution >= 4 is 23.2 Å². The molecule has 6 nitrogen and oxygen atoms in total. The summed E-state index contributed by atoms with van der Waals surface area (Å²) in [6.45, 7) is 5.96. The summed E-state index contributed by atoms with van der Waals surface area (Å²) in [6.07, 6.45) is 4.79. The van der Waals surface area contributed by atoms with Crippen LogP contribution < -0.4 is 0 Å². The third kappa shape index (κ3) is 8.84. The Morgan fingerprint density at radius 1 is 0.833 bits per heavy atom. The molecule has 0 aliphatic rings. The van der Waals surface area contributed by atoms with Crippen molar-refractivity contribution in [2.75, 3.05) is 13.6 Å². The van der Waals surface area contributed by atoms with E-state index in [-0.39, 0.29) is 12.5 Å². The number of carboxylic acid groups (broad SMARTS) is 1. The number of nitrogens with zero attached hydrogens (tertiary/aromatic N) is 3. The molecule has 1 N–H and O–H groups in total. The minimum Gasteiger partial charge on any atom is -0.480 e. The number of benzene rings is 3. The summed E-state index contributed by atoms with van der Waals surface area (Å²) >= 11 is 1.51. The lowest BCUT2D eigenvalue weighted by Crippen LogP contribution is -2.28. The maximum Gasteiger partial charge on any atom is 0.317 e. The zero-order valence-corrected chi connectivity index (χ0v) is 25.6. The number of aliphatic carboxylic acids is 1. The molecule has 4 rings (SSSR count). The van der Waals surface area contributed by atoms with Gasteiger partial charge < -0.3 is 10.0 Å². The van der Waals surface area contributed by atoms with Crippen molar-refractivity contribution in [3.05, 3.63) is 112 Å². The quantitative estimate of drug-likeness (QED) is 0.154. The first-order valence-electron chi connectivity index (χ1n) is 14.7. The van der Waals surface area contributed by atoms with Gasteiger partial charge in [0.2, 0.25) is 0 Å². The van der Waals surface area contributed by atoms with Crippen LogP contribution in [-0.2, 0) is 24.4 Å². The number of amides is 1. The molecule has 0 bridgehead atoms. The molecule has 7 heteroatoms. The standard InChI is InChI=1S/C35H41N3O3S/c1-4-9-28(10-5-2)29-15-13-27(14-16-29)21-37(3)35(41)31-19-17-30(18-20-31)32-25-42-33(36-32)23-38(24-34(39)40)22-26-11-7-6-8-12-26/h6-8,11-20,25,28H,4-5,9-10,21-24H2,1-3H3,(H,39,40). The first-order valence-corrected chi connectivity index (χ1v) is 15.6. The normalized spacial score (nSPS) is 11.3. The lowest BCUT2D eigenvalue weighted by molar-refractivity contribution is -0.138. The fourth-order valence-electron chi connectivity index (χ4n) is 5.33. The second kappa shape index (κ2) is 15.4. The maximum atomic E-state index is 13.2. The number of carbonyl (C=O) groups excluding carboxylic acids is 1. The molecule has 0 saturated carbocycles. The molecule has 0 aliphatic carbocycles. The van der Waals surface area contributed by atoms with Gasteiger partial charge in [0, 0.05) is 36.6 Å². The Morgan fingerprint density at radius 3 is 2.10 bits per heavy atom. The maximum absolute atomic E-state index is 13.2. The third-order valence-corrected chi connectivity index (χ3v) is 8.27. The number of carbonyl (C=O) groups is 2. The van der Waals surface area contributed by atoms with Gasteiger partial charge in [-0.2, -0.15) is 0 Å². The molecular weight excluding hydrogens is 542 g/mol. The SMILES string of the molecule is CCCC(CCC)c1ccc(CN(C)C(=O)c2ccc(-c3csc(CN(CC(=O)O)Cc4ccccc4)n3)cc2)cc1. The van der Waals surface area contributed by atoms with Gasteiger partial charge in [-0.05, 0) is 47.6 Å². The average molecular weight is 584 g/mol. The highest BCUT2D eigenvalue weighted by molar-refractivity contribution is 7.09. The first-order chi connectivity index (χ1) is 20.4. The largest absolute Gasteiger partial charge is 0.480 e. The average Bonchev–Trinajstić information content (AvgIpc) is 3.46. The number of hydrogen-bond donors (Lipinski definition) is 1. The van der Waals surface area contributed by atoms with Crippen LogP contribution in [0.1, 0.15) is 77.5 Å². The van der Waals surface area contributed by atoms with Crippen LogP contribution in [-0.4, -0.2) is 45.4 Å². The van der Waals surface area contributed by atoms with Gasteiger partial charge >= 0.3 is 5.97 Å². The second-order valence-corrected chi connectivity index (χ2v) is 11.8.